The Hall–Kier alpha value is -1.80. The fraction of sp³-hybridized carbons (Fsp3) is 0.562. The van der Waals surface area contributed by atoms with Crippen LogP contribution >= 0.6 is 0 Å². The molecule has 0 aliphatic carbocycles. The lowest BCUT2D eigenvalue weighted by molar-refractivity contribution is -0.274. The van der Waals surface area contributed by atoms with Gasteiger partial charge in [-0.15, -0.1) is 13.2 Å². The summed E-state index contributed by atoms with van der Waals surface area (Å²) in [7, 11) is 0. The van der Waals surface area contributed by atoms with Gasteiger partial charge in [-0.05, 0) is 31.5 Å². The van der Waals surface area contributed by atoms with E-state index >= 15 is 0 Å². The predicted molar refractivity (Wildman–Crippen MR) is 79.6 cm³/mol. The molecule has 5 nitrogen and oxygen atoms in total. The van der Waals surface area contributed by atoms with Gasteiger partial charge < -0.3 is 14.6 Å². The zero-order chi connectivity index (χ0) is 18.0. The second-order valence-corrected chi connectivity index (χ2v) is 6.42. The summed E-state index contributed by atoms with van der Waals surface area (Å²) in [5.41, 5.74) is 0.302. The van der Waals surface area contributed by atoms with Crippen LogP contribution in [-0.2, 0) is 16.1 Å². The normalized spacial score (nSPS) is 21.5. The Morgan fingerprint density at radius 1 is 1.46 bits per heavy atom. The number of benzene rings is 1. The van der Waals surface area contributed by atoms with Gasteiger partial charge >= 0.3 is 12.3 Å². The number of hydrogen-bond donors (Lipinski definition) is 1. The van der Waals surface area contributed by atoms with E-state index in [2.05, 4.69) is 4.74 Å². The number of carboxylic acid groups (broad SMARTS) is 1. The molecule has 1 N–H and O–H groups in total. The lowest BCUT2D eigenvalue weighted by Crippen LogP contribution is -2.55. The lowest BCUT2D eigenvalue weighted by Gasteiger charge is -2.45. The standard InChI is InChI=1S/C16H20F3NO4/c1-15(2)10-23-13(7-14(21)22)9-20(15)8-11-4-3-5-12(6-11)24-16(17,18)19/h3-6,13H,7-10H2,1-2H3,(H,21,22). The minimum absolute atomic E-state index is 0.107. The Labute approximate surface area is 138 Å². The maximum atomic E-state index is 12.3. The van der Waals surface area contributed by atoms with Gasteiger partial charge in [0.2, 0.25) is 0 Å². The van der Waals surface area contributed by atoms with Crippen molar-refractivity contribution in [2.75, 3.05) is 13.2 Å². The van der Waals surface area contributed by atoms with Gasteiger partial charge in [-0.1, -0.05) is 12.1 Å². The first-order valence-electron chi connectivity index (χ1n) is 7.48. The first-order chi connectivity index (χ1) is 11.0. The van der Waals surface area contributed by atoms with Crippen LogP contribution in [0.4, 0.5) is 13.2 Å². The summed E-state index contributed by atoms with van der Waals surface area (Å²) in [6.07, 6.45) is -5.28. The topological polar surface area (TPSA) is 59.0 Å². The smallest absolute Gasteiger partial charge is 0.481 e. The molecule has 24 heavy (non-hydrogen) atoms. The maximum absolute atomic E-state index is 12.3. The van der Waals surface area contributed by atoms with Gasteiger partial charge in [-0.3, -0.25) is 9.69 Å². The molecule has 1 aromatic rings. The summed E-state index contributed by atoms with van der Waals surface area (Å²) >= 11 is 0. The number of morpholine rings is 1. The van der Waals surface area contributed by atoms with Crippen molar-refractivity contribution in [1.82, 2.24) is 4.90 Å². The monoisotopic (exact) mass is 347 g/mol. The lowest BCUT2D eigenvalue weighted by atomic mass is 9.98. The van der Waals surface area contributed by atoms with Gasteiger partial charge in [0, 0.05) is 18.6 Å². The van der Waals surface area contributed by atoms with E-state index in [9.17, 15) is 18.0 Å². The molecule has 1 heterocycles. The van der Waals surface area contributed by atoms with Crippen LogP contribution in [0.15, 0.2) is 24.3 Å². The zero-order valence-electron chi connectivity index (χ0n) is 13.5. The van der Waals surface area contributed by atoms with Crippen LogP contribution in [-0.4, -0.2) is 47.1 Å². The van der Waals surface area contributed by atoms with E-state index in [1.54, 1.807) is 6.07 Å². The van der Waals surface area contributed by atoms with Crippen molar-refractivity contribution in [2.24, 2.45) is 0 Å². The van der Waals surface area contributed by atoms with Crippen LogP contribution in [0.5, 0.6) is 5.75 Å². The van der Waals surface area contributed by atoms with Gasteiger partial charge in [0.05, 0.1) is 19.1 Å². The number of carboxylic acids is 1. The highest BCUT2D eigenvalue weighted by atomic mass is 19.4. The summed E-state index contributed by atoms with van der Waals surface area (Å²) in [5.74, 6) is -1.21. The van der Waals surface area contributed by atoms with E-state index in [0.29, 0.717) is 25.3 Å². The number of ether oxygens (including phenoxy) is 2. The fourth-order valence-electron chi connectivity index (χ4n) is 2.62. The summed E-state index contributed by atoms with van der Waals surface area (Å²) in [6.45, 7) is 5.01. The SMILES string of the molecule is CC1(C)COC(CC(=O)O)CN1Cc1cccc(OC(F)(F)F)c1. The van der Waals surface area contributed by atoms with Crippen LogP contribution < -0.4 is 4.74 Å². The van der Waals surface area contributed by atoms with Crippen LogP contribution in [0.1, 0.15) is 25.8 Å². The van der Waals surface area contributed by atoms with Crippen molar-refractivity contribution >= 4 is 5.97 Å². The molecule has 1 aliphatic rings. The van der Waals surface area contributed by atoms with E-state index in [4.69, 9.17) is 9.84 Å². The number of halogens is 3. The molecule has 1 unspecified atom stereocenters. The molecule has 2 rings (SSSR count). The molecule has 0 spiro atoms. The molecule has 1 aromatic carbocycles. The summed E-state index contributed by atoms with van der Waals surface area (Å²) in [6, 6.07) is 5.79. The van der Waals surface area contributed by atoms with Gasteiger partial charge in [-0.2, -0.15) is 0 Å². The van der Waals surface area contributed by atoms with Crippen molar-refractivity contribution in [2.45, 2.75) is 44.8 Å². The predicted octanol–water partition coefficient (Wildman–Crippen LogP) is 3.04. The van der Waals surface area contributed by atoms with Crippen molar-refractivity contribution in [3.8, 4) is 5.75 Å². The number of nitrogens with zero attached hydrogens (tertiary/aromatic N) is 1. The molecule has 0 saturated carbocycles. The van der Waals surface area contributed by atoms with Crippen LogP contribution in [0, 0.1) is 0 Å². The van der Waals surface area contributed by atoms with Crippen molar-refractivity contribution in [3.05, 3.63) is 29.8 Å². The second-order valence-electron chi connectivity index (χ2n) is 6.42. The molecular weight excluding hydrogens is 327 g/mol. The highest BCUT2D eigenvalue weighted by Crippen LogP contribution is 2.28. The third-order valence-electron chi connectivity index (χ3n) is 3.86. The molecule has 134 valence electrons. The number of alkyl halides is 3. The zero-order valence-corrected chi connectivity index (χ0v) is 13.5. The second kappa shape index (κ2) is 6.98. The van der Waals surface area contributed by atoms with Crippen LogP contribution in [0.3, 0.4) is 0 Å². The van der Waals surface area contributed by atoms with Crippen LogP contribution in [0.2, 0.25) is 0 Å². The van der Waals surface area contributed by atoms with Gasteiger partial charge in [0.15, 0.2) is 0 Å². The minimum Gasteiger partial charge on any atom is -0.481 e. The van der Waals surface area contributed by atoms with Gasteiger partial charge in [-0.25, -0.2) is 0 Å². The number of hydrogen-bond acceptors (Lipinski definition) is 4. The largest absolute Gasteiger partial charge is 0.573 e. The van der Waals surface area contributed by atoms with Gasteiger partial charge in [0.25, 0.3) is 0 Å². The number of rotatable bonds is 5. The molecule has 0 bridgehead atoms. The van der Waals surface area contributed by atoms with E-state index in [-0.39, 0.29) is 17.7 Å². The quantitative estimate of drug-likeness (QED) is 0.887. The molecular formula is C16H20F3NO4. The Balaban J connectivity index is 2.09. The summed E-state index contributed by atoms with van der Waals surface area (Å²) < 4.78 is 46.5. The molecule has 0 amide bonds. The first kappa shape index (κ1) is 18.5. The van der Waals surface area contributed by atoms with E-state index in [0.717, 1.165) is 0 Å². The summed E-state index contributed by atoms with van der Waals surface area (Å²) in [5, 5.41) is 8.89. The highest BCUT2D eigenvalue weighted by Gasteiger charge is 2.36. The average molecular weight is 347 g/mol. The van der Waals surface area contributed by atoms with E-state index in [1.165, 1.54) is 18.2 Å². The Kier molecular flexibility index (Phi) is 5.39. The fourth-order valence-corrected chi connectivity index (χ4v) is 2.62. The molecule has 1 saturated heterocycles. The third-order valence-corrected chi connectivity index (χ3v) is 3.86. The third kappa shape index (κ3) is 5.38. The van der Waals surface area contributed by atoms with Crippen LogP contribution in [0.25, 0.3) is 0 Å². The van der Waals surface area contributed by atoms with E-state index in [1.807, 2.05) is 18.7 Å². The Bertz CT molecular complexity index is 589. The van der Waals surface area contributed by atoms with Gasteiger partial charge in [0.1, 0.15) is 5.75 Å². The van der Waals surface area contributed by atoms with Crippen molar-refractivity contribution in [1.29, 1.82) is 0 Å². The molecule has 8 heteroatoms. The first-order valence-corrected chi connectivity index (χ1v) is 7.48. The minimum atomic E-state index is -4.73. The molecule has 1 atom stereocenters. The average Bonchev–Trinajstić information content (AvgIpc) is 2.41. The molecule has 0 aromatic heterocycles. The maximum Gasteiger partial charge on any atom is 0.573 e. The number of aliphatic carboxylic acids is 1. The molecule has 1 fully saturated rings. The molecule has 1 aliphatic heterocycles. The number of carbonyl (C=O) groups is 1. The summed E-state index contributed by atoms with van der Waals surface area (Å²) in [4.78, 5) is 12.9. The van der Waals surface area contributed by atoms with E-state index < -0.39 is 18.4 Å². The Morgan fingerprint density at radius 2 is 2.17 bits per heavy atom. The molecule has 0 radical (unpaired) electrons. The van der Waals surface area contributed by atoms with Crippen molar-refractivity contribution < 1.29 is 32.5 Å². The Morgan fingerprint density at radius 3 is 2.79 bits per heavy atom. The highest BCUT2D eigenvalue weighted by molar-refractivity contribution is 5.67. The van der Waals surface area contributed by atoms with Crippen molar-refractivity contribution in [3.63, 3.8) is 0 Å².